The zero-order valence-corrected chi connectivity index (χ0v) is 11.6. The molecule has 1 atom stereocenters. The molecule has 2 rings (SSSR count). The summed E-state index contributed by atoms with van der Waals surface area (Å²) in [6.45, 7) is 3.56. The van der Waals surface area contributed by atoms with Gasteiger partial charge in [0, 0.05) is 6.54 Å². The molecule has 0 aromatic heterocycles. The summed E-state index contributed by atoms with van der Waals surface area (Å²) < 4.78 is 5.70. The Morgan fingerprint density at radius 1 is 1.35 bits per heavy atom. The molecule has 1 aliphatic rings. The predicted octanol–water partition coefficient (Wildman–Crippen LogP) is 3.18. The fourth-order valence-electron chi connectivity index (χ4n) is 1.52. The molecule has 1 heterocycles. The molecule has 0 spiro atoms. The molecular formula is C11H13Cl3N2O. The van der Waals surface area contributed by atoms with E-state index in [1.54, 1.807) is 18.2 Å². The Balaban J connectivity index is 0.00000144. The minimum Gasteiger partial charge on any atom is -0.480 e. The zero-order chi connectivity index (χ0) is 11.5. The van der Waals surface area contributed by atoms with E-state index in [1.165, 1.54) is 0 Å². The van der Waals surface area contributed by atoms with Crippen LogP contribution in [0.1, 0.15) is 6.92 Å². The molecule has 6 heteroatoms. The summed E-state index contributed by atoms with van der Waals surface area (Å²) in [7, 11) is 0. The largest absolute Gasteiger partial charge is 0.480 e. The number of hydrogen-bond donors (Lipinski definition) is 1. The molecule has 0 fully saturated rings. The Labute approximate surface area is 117 Å². The lowest BCUT2D eigenvalue weighted by Crippen LogP contribution is -2.33. The van der Waals surface area contributed by atoms with Crippen molar-refractivity contribution in [1.82, 2.24) is 5.32 Å². The zero-order valence-electron chi connectivity index (χ0n) is 9.24. The average molecular weight is 296 g/mol. The molecule has 0 amide bonds. The van der Waals surface area contributed by atoms with Crippen LogP contribution in [0.4, 0.5) is 0 Å². The maximum atomic E-state index is 6.01. The second kappa shape index (κ2) is 6.34. The highest BCUT2D eigenvalue weighted by molar-refractivity contribution is 6.37. The average Bonchev–Trinajstić information content (AvgIpc) is 2.76. The van der Waals surface area contributed by atoms with E-state index in [9.17, 15) is 0 Å². The van der Waals surface area contributed by atoms with Crippen LogP contribution in [0.25, 0.3) is 0 Å². The van der Waals surface area contributed by atoms with Gasteiger partial charge in [-0.05, 0) is 19.1 Å². The highest BCUT2D eigenvalue weighted by Crippen LogP contribution is 2.33. The van der Waals surface area contributed by atoms with Gasteiger partial charge in [-0.3, -0.25) is 4.99 Å². The molecule has 1 aromatic carbocycles. The number of nitrogens with zero attached hydrogens (tertiary/aromatic N) is 1. The van der Waals surface area contributed by atoms with Gasteiger partial charge in [-0.25, -0.2) is 0 Å². The number of benzene rings is 1. The van der Waals surface area contributed by atoms with Gasteiger partial charge in [-0.15, -0.1) is 12.4 Å². The van der Waals surface area contributed by atoms with Crippen LogP contribution in [0.15, 0.2) is 23.2 Å². The topological polar surface area (TPSA) is 33.6 Å². The molecule has 1 aliphatic heterocycles. The van der Waals surface area contributed by atoms with Crippen LogP contribution in [-0.2, 0) is 0 Å². The minimum absolute atomic E-state index is 0. The second-order valence-corrected chi connectivity index (χ2v) is 4.32. The molecule has 0 bridgehead atoms. The molecule has 1 N–H and O–H groups in total. The van der Waals surface area contributed by atoms with Gasteiger partial charge in [0.2, 0.25) is 0 Å². The van der Waals surface area contributed by atoms with Gasteiger partial charge >= 0.3 is 0 Å². The molecular weight excluding hydrogens is 282 g/mol. The smallest absolute Gasteiger partial charge is 0.157 e. The standard InChI is InChI=1S/C11H12Cl2N2O.ClH/c1-7(11-14-5-6-15-11)16-10-8(12)3-2-4-9(10)13;/h2-4,7H,5-6H2,1H3,(H,14,15);1H. The van der Waals surface area contributed by atoms with Crippen molar-refractivity contribution in [3.63, 3.8) is 0 Å². The lowest BCUT2D eigenvalue weighted by molar-refractivity contribution is 0.284. The van der Waals surface area contributed by atoms with Crippen LogP contribution < -0.4 is 10.1 Å². The van der Waals surface area contributed by atoms with Crippen molar-refractivity contribution in [2.24, 2.45) is 4.99 Å². The molecule has 3 nitrogen and oxygen atoms in total. The number of rotatable bonds is 3. The highest BCUT2D eigenvalue weighted by Gasteiger charge is 2.17. The number of nitrogens with one attached hydrogen (secondary N) is 1. The number of amidine groups is 1. The Morgan fingerprint density at radius 3 is 2.53 bits per heavy atom. The minimum atomic E-state index is -0.167. The highest BCUT2D eigenvalue weighted by atomic mass is 35.5. The normalized spacial score (nSPS) is 15.6. The Kier molecular flexibility index (Phi) is 5.37. The predicted molar refractivity (Wildman–Crippen MR) is 74.1 cm³/mol. The summed E-state index contributed by atoms with van der Waals surface area (Å²) in [6.07, 6.45) is -0.167. The van der Waals surface area contributed by atoms with Crippen molar-refractivity contribution in [3.05, 3.63) is 28.2 Å². The lowest BCUT2D eigenvalue weighted by atomic mass is 10.3. The molecule has 17 heavy (non-hydrogen) atoms. The first-order chi connectivity index (χ1) is 7.68. The van der Waals surface area contributed by atoms with Gasteiger partial charge < -0.3 is 10.1 Å². The van der Waals surface area contributed by atoms with E-state index in [0.29, 0.717) is 15.8 Å². The van der Waals surface area contributed by atoms with E-state index >= 15 is 0 Å². The molecule has 0 radical (unpaired) electrons. The van der Waals surface area contributed by atoms with Gasteiger partial charge in [-0.2, -0.15) is 0 Å². The quantitative estimate of drug-likeness (QED) is 0.929. The number of halogens is 3. The summed E-state index contributed by atoms with van der Waals surface area (Å²) in [6, 6.07) is 5.28. The van der Waals surface area contributed by atoms with E-state index < -0.39 is 0 Å². The first-order valence-electron chi connectivity index (χ1n) is 5.07. The molecule has 0 saturated heterocycles. The summed E-state index contributed by atoms with van der Waals surface area (Å²) in [4.78, 5) is 4.29. The first-order valence-corrected chi connectivity index (χ1v) is 5.83. The van der Waals surface area contributed by atoms with E-state index in [4.69, 9.17) is 27.9 Å². The summed E-state index contributed by atoms with van der Waals surface area (Å²) in [5.74, 6) is 1.35. The van der Waals surface area contributed by atoms with Crippen LogP contribution in [0, 0.1) is 0 Å². The number of ether oxygens (including phenoxy) is 1. The third kappa shape index (κ3) is 3.41. The first kappa shape index (κ1) is 14.4. The van der Waals surface area contributed by atoms with Crippen molar-refractivity contribution in [1.29, 1.82) is 0 Å². The SMILES string of the molecule is CC(Oc1c(Cl)cccc1Cl)C1=NCCN1.Cl. The summed E-state index contributed by atoms with van der Waals surface area (Å²) >= 11 is 12.0. The Bertz CT molecular complexity index is 403. The molecule has 1 unspecified atom stereocenters. The monoisotopic (exact) mass is 294 g/mol. The van der Waals surface area contributed by atoms with Crippen molar-refractivity contribution < 1.29 is 4.74 Å². The molecule has 0 saturated carbocycles. The number of para-hydroxylation sites is 1. The van der Waals surface area contributed by atoms with Gasteiger partial charge in [-0.1, -0.05) is 29.3 Å². The Hall–Kier alpha value is -0.640. The molecule has 94 valence electrons. The van der Waals surface area contributed by atoms with E-state index in [1.807, 2.05) is 6.92 Å². The summed E-state index contributed by atoms with van der Waals surface area (Å²) in [5.41, 5.74) is 0. The summed E-state index contributed by atoms with van der Waals surface area (Å²) in [5, 5.41) is 4.18. The molecule has 1 aromatic rings. The fraction of sp³-hybridized carbons (Fsp3) is 0.364. The van der Waals surface area contributed by atoms with Gasteiger partial charge in [0.05, 0.1) is 16.6 Å². The number of aliphatic imine (C=N–C) groups is 1. The van der Waals surface area contributed by atoms with Crippen LogP contribution in [-0.4, -0.2) is 25.0 Å². The van der Waals surface area contributed by atoms with Crippen LogP contribution in [0.2, 0.25) is 10.0 Å². The third-order valence-electron chi connectivity index (χ3n) is 2.30. The third-order valence-corrected chi connectivity index (χ3v) is 2.89. The maximum Gasteiger partial charge on any atom is 0.157 e. The van der Waals surface area contributed by atoms with Crippen molar-refractivity contribution in [2.75, 3.05) is 13.1 Å². The molecule has 0 aliphatic carbocycles. The van der Waals surface area contributed by atoms with Crippen LogP contribution in [0.3, 0.4) is 0 Å². The van der Waals surface area contributed by atoms with Gasteiger partial charge in [0.25, 0.3) is 0 Å². The van der Waals surface area contributed by atoms with Gasteiger partial charge in [0.15, 0.2) is 11.9 Å². The van der Waals surface area contributed by atoms with Crippen LogP contribution in [0.5, 0.6) is 5.75 Å². The van der Waals surface area contributed by atoms with Crippen molar-refractivity contribution in [3.8, 4) is 5.75 Å². The number of hydrogen-bond acceptors (Lipinski definition) is 3. The van der Waals surface area contributed by atoms with Crippen molar-refractivity contribution in [2.45, 2.75) is 13.0 Å². The fourth-order valence-corrected chi connectivity index (χ4v) is 2.00. The van der Waals surface area contributed by atoms with E-state index in [0.717, 1.165) is 18.9 Å². The maximum absolute atomic E-state index is 6.01. The van der Waals surface area contributed by atoms with Crippen LogP contribution >= 0.6 is 35.6 Å². The lowest BCUT2D eigenvalue weighted by Gasteiger charge is -2.16. The van der Waals surface area contributed by atoms with Gasteiger partial charge in [0.1, 0.15) is 5.84 Å². The van der Waals surface area contributed by atoms with E-state index in [-0.39, 0.29) is 18.5 Å². The Morgan fingerprint density at radius 2 is 2.00 bits per heavy atom. The second-order valence-electron chi connectivity index (χ2n) is 3.50. The van der Waals surface area contributed by atoms with Crippen molar-refractivity contribution >= 4 is 41.4 Å². The van der Waals surface area contributed by atoms with E-state index in [2.05, 4.69) is 10.3 Å².